The Morgan fingerprint density at radius 3 is 2.57 bits per heavy atom. The minimum Gasteiger partial charge on any atom is -0.497 e. The molecule has 4 nitrogen and oxygen atoms in total. The van der Waals surface area contributed by atoms with Gasteiger partial charge in [-0.05, 0) is 68.8 Å². The molecule has 1 aliphatic carbocycles. The lowest BCUT2D eigenvalue weighted by Crippen LogP contribution is -2.46. The first-order chi connectivity index (χ1) is 13.8. The second-order valence-electron chi connectivity index (χ2n) is 8.07. The van der Waals surface area contributed by atoms with E-state index in [1.54, 1.807) is 13.2 Å². The summed E-state index contributed by atoms with van der Waals surface area (Å²) < 4.78 is 11.6. The molecule has 0 bridgehead atoms. The van der Waals surface area contributed by atoms with Crippen molar-refractivity contribution in [1.82, 2.24) is 4.90 Å². The van der Waals surface area contributed by atoms with Gasteiger partial charge in [0, 0.05) is 12.5 Å². The van der Waals surface area contributed by atoms with Crippen molar-refractivity contribution < 1.29 is 14.6 Å². The summed E-state index contributed by atoms with van der Waals surface area (Å²) in [5.41, 5.74) is 1.01. The third kappa shape index (κ3) is 6.03. The van der Waals surface area contributed by atoms with Crippen LogP contribution in [-0.4, -0.2) is 43.9 Å². The van der Waals surface area contributed by atoms with Gasteiger partial charge in [0.25, 0.3) is 0 Å². The lowest BCUT2D eigenvalue weighted by molar-refractivity contribution is -0.110. The highest BCUT2D eigenvalue weighted by molar-refractivity contribution is 6.42. The molecule has 0 aromatic heterocycles. The first-order valence-corrected chi connectivity index (χ1v) is 10.6. The molecule has 30 heavy (non-hydrogen) atoms. The molecule has 2 aromatic rings. The van der Waals surface area contributed by atoms with Crippen LogP contribution in [0.1, 0.15) is 30.4 Å². The fraction of sp³-hybridized carbons (Fsp3) is 0.478. The second-order valence-corrected chi connectivity index (χ2v) is 8.89. The normalized spacial score (nSPS) is 23.8. The summed E-state index contributed by atoms with van der Waals surface area (Å²) in [6.07, 6.45) is 2.30. The van der Waals surface area contributed by atoms with E-state index in [0.717, 1.165) is 36.3 Å². The van der Waals surface area contributed by atoms with E-state index in [2.05, 4.69) is 4.90 Å². The lowest BCUT2D eigenvalue weighted by Gasteiger charge is -2.44. The minimum atomic E-state index is -0.901. The first kappa shape index (κ1) is 25.3. The molecule has 0 aliphatic heterocycles. The second kappa shape index (κ2) is 11.0. The van der Waals surface area contributed by atoms with Crippen LogP contribution in [0.5, 0.6) is 5.75 Å². The highest BCUT2D eigenvalue weighted by atomic mass is 35.5. The average Bonchev–Trinajstić information content (AvgIpc) is 2.70. The fourth-order valence-corrected chi connectivity index (χ4v) is 4.47. The number of hydrogen-bond acceptors (Lipinski definition) is 4. The van der Waals surface area contributed by atoms with Gasteiger partial charge in [0.05, 0.1) is 35.5 Å². The number of halogens is 3. The lowest BCUT2D eigenvalue weighted by atomic mass is 9.70. The maximum Gasteiger partial charge on any atom is 0.119 e. The van der Waals surface area contributed by atoms with Crippen LogP contribution in [0.2, 0.25) is 10.0 Å². The number of benzene rings is 2. The van der Waals surface area contributed by atoms with Crippen molar-refractivity contribution in [3.8, 4) is 5.75 Å². The highest BCUT2D eigenvalue weighted by Crippen LogP contribution is 2.44. The van der Waals surface area contributed by atoms with E-state index in [1.807, 2.05) is 50.5 Å². The van der Waals surface area contributed by atoms with Crippen molar-refractivity contribution in [2.24, 2.45) is 5.92 Å². The monoisotopic (exact) mass is 473 g/mol. The Hall–Kier alpha value is -1.01. The molecule has 0 heterocycles. The predicted octanol–water partition coefficient (Wildman–Crippen LogP) is 5.56. The van der Waals surface area contributed by atoms with Crippen molar-refractivity contribution in [1.29, 1.82) is 0 Å². The van der Waals surface area contributed by atoms with Crippen LogP contribution in [-0.2, 0) is 16.9 Å². The van der Waals surface area contributed by atoms with E-state index in [9.17, 15) is 5.11 Å². The number of hydrogen-bond donors (Lipinski definition) is 1. The predicted molar refractivity (Wildman–Crippen MR) is 125 cm³/mol. The van der Waals surface area contributed by atoms with Gasteiger partial charge in [-0.15, -0.1) is 12.4 Å². The van der Waals surface area contributed by atoms with Gasteiger partial charge in [0.15, 0.2) is 0 Å². The van der Waals surface area contributed by atoms with Gasteiger partial charge in [-0.2, -0.15) is 0 Å². The van der Waals surface area contributed by atoms with E-state index in [-0.39, 0.29) is 24.4 Å². The van der Waals surface area contributed by atoms with E-state index < -0.39 is 5.60 Å². The Kier molecular flexibility index (Phi) is 9.29. The van der Waals surface area contributed by atoms with E-state index in [0.29, 0.717) is 23.1 Å². The molecule has 7 heteroatoms. The molecule has 3 rings (SSSR count). The topological polar surface area (TPSA) is 41.9 Å². The molecule has 3 unspecified atom stereocenters. The SMILES string of the molecule is COc1cccc(C2(O)CCC(OCc3ccc(Cl)c(Cl)c3)CC2CN(C)C)c1.Cl. The molecule has 0 radical (unpaired) electrons. The molecule has 2 aromatic carbocycles. The van der Waals surface area contributed by atoms with E-state index >= 15 is 0 Å². The summed E-state index contributed by atoms with van der Waals surface area (Å²) in [5, 5.41) is 12.8. The Labute approximate surface area is 195 Å². The van der Waals surface area contributed by atoms with Crippen LogP contribution in [0, 0.1) is 5.92 Å². The smallest absolute Gasteiger partial charge is 0.119 e. The van der Waals surface area contributed by atoms with Gasteiger partial charge in [-0.1, -0.05) is 41.4 Å². The van der Waals surface area contributed by atoms with Gasteiger partial charge < -0.3 is 19.5 Å². The fourth-order valence-electron chi connectivity index (χ4n) is 4.15. The van der Waals surface area contributed by atoms with Crippen LogP contribution in [0.3, 0.4) is 0 Å². The third-order valence-corrected chi connectivity index (χ3v) is 6.43. The molecule has 0 spiro atoms. The standard InChI is InChI=1S/C23H29Cl2NO3.ClH/c1-26(2)14-18-13-20(29-15-16-7-8-21(24)22(25)11-16)9-10-23(18,27)17-5-4-6-19(12-17)28-3;/h4-8,11-12,18,20,27H,9-10,13-15H2,1-3H3;1H. The summed E-state index contributed by atoms with van der Waals surface area (Å²) in [5.74, 6) is 0.815. The molecule has 1 aliphatic rings. The highest BCUT2D eigenvalue weighted by Gasteiger charge is 2.44. The Morgan fingerprint density at radius 2 is 1.90 bits per heavy atom. The average molecular weight is 475 g/mol. The summed E-state index contributed by atoms with van der Waals surface area (Å²) in [7, 11) is 5.71. The van der Waals surface area contributed by atoms with Crippen LogP contribution < -0.4 is 4.74 Å². The third-order valence-electron chi connectivity index (χ3n) is 5.70. The Balaban J connectivity index is 0.00000320. The molecule has 1 fully saturated rings. The molecular weight excluding hydrogens is 445 g/mol. The number of methoxy groups -OCH3 is 1. The van der Waals surface area contributed by atoms with Crippen LogP contribution in [0.4, 0.5) is 0 Å². The summed E-state index contributed by atoms with van der Waals surface area (Å²) >= 11 is 12.1. The summed E-state index contributed by atoms with van der Waals surface area (Å²) in [6, 6.07) is 13.3. The maximum absolute atomic E-state index is 11.7. The number of rotatable bonds is 7. The van der Waals surface area contributed by atoms with Crippen molar-refractivity contribution in [2.45, 2.75) is 37.6 Å². The molecular formula is C23H30Cl3NO3. The van der Waals surface area contributed by atoms with Gasteiger partial charge >= 0.3 is 0 Å². The van der Waals surface area contributed by atoms with E-state index in [1.165, 1.54) is 0 Å². The zero-order valence-electron chi connectivity index (χ0n) is 17.6. The summed E-state index contributed by atoms with van der Waals surface area (Å²) in [6.45, 7) is 1.26. The molecule has 1 saturated carbocycles. The van der Waals surface area contributed by atoms with Crippen molar-refractivity contribution >= 4 is 35.6 Å². The number of ether oxygens (including phenoxy) is 2. The quantitative estimate of drug-likeness (QED) is 0.570. The van der Waals surface area contributed by atoms with Gasteiger partial charge in [0.2, 0.25) is 0 Å². The maximum atomic E-state index is 11.7. The van der Waals surface area contributed by atoms with Crippen molar-refractivity contribution in [3.63, 3.8) is 0 Å². The zero-order valence-corrected chi connectivity index (χ0v) is 19.9. The molecule has 0 saturated heterocycles. The molecule has 3 atom stereocenters. The van der Waals surface area contributed by atoms with Crippen molar-refractivity contribution in [3.05, 3.63) is 63.6 Å². The Morgan fingerprint density at radius 1 is 1.13 bits per heavy atom. The first-order valence-electron chi connectivity index (χ1n) is 9.89. The van der Waals surface area contributed by atoms with Gasteiger partial charge in [-0.3, -0.25) is 0 Å². The molecule has 1 N–H and O–H groups in total. The van der Waals surface area contributed by atoms with Crippen LogP contribution in [0.25, 0.3) is 0 Å². The Bertz CT molecular complexity index is 833. The summed E-state index contributed by atoms with van der Waals surface area (Å²) in [4.78, 5) is 2.12. The van der Waals surface area contributed by atoms with Crippen molar-refractivity contribution in [2.75, 3.05) is 27.7 Å². The zero-order chi connectivity index (χ0) is 21.0. The molecule has 166 valence electrons. The van der Waals surface area contributed by atoms with Crippen LogP contribution in [0.15, 0.2) is 42.5 Å². The van der Waals surface area contributed by atoms with Gasteiger partial charge in [0.1, 0.15) is 5.75 Å². The molecule has 0 amide bonds. The van der Waals surface area contributed by atoms with E-state index in [4.69, 9.17) is 32.7 Å². The minimum absolute atomic E-state index is 0. The number of aliphatic hydroxyl groups is 1. The van der Waals surface area contributed by atoms with Gasteiger partial charge in [-0.25, -0.2) is 0 Å². The largest absolute Gasteiger partial charge is 0.497 e. The van der Waals surface area contributed by atoms with Crippen LogP contribution >= 0.6 is 35.6 Å². The number of nitrogens with zero attached hydrogens (tertiary/aromatic N) is 1.